The molecule has 0 spiro atoms. The average Bonchev–Trinajstić information content (AvgIpc) is 2.73. The number of carbonyl (C=O) groups is 2. The summed E-state index contributed by atoms with van der Waals surface area (Å²) >= 11 is 0. The van der Waals surface area contributed by atoms with Crippen molar-refractivity contribution in [3.8, 4) is 0 Å². The molecule has 0 radical (unpaired) electrons. The van der Waals surface area contributed by atoms with Gasteiger partial charge in [0.05, 0.1) is 0 Å². The van der Waals surface area contributed by atoms with E-state index in [2.05, 4.69) is 0 Å². The summed E-state index contributed by atoms with van der Waals surface area (Å²) in [5.41, 5.74) is 0. The predicted molar refractivity (Wildman–Crippen MR) is 75.9 cm³/mol. The monoisotopic (exact) mass is 758 g/mol. The maximum atomic E-state index is 14.2. The molecule has 0 heterocycles. The summed E-state index contributed by atoms with van der Waals surface area (Å²) in [4.78, 5) is 22.4. The molecule has 6 nitrogen and oxygen atoms in total. The zero-order valence-corrected chi connectivity index (χ0v) is 19.3. The minimum absolute atomic E-state index is 1.10. The first-order valence-corrected chi connectivity index (χ1v) is 9.20. The predicted octanol–water partition coefficient (Wildman–Crippen LogP) is 7.33. The van der Waals surface area contributed by atoms with Crippen molar-refractivity contribution in [2.75, 3.05) is 0 Å². The van der Waals surface area contributed by atoms with E-state index in [0.717, 1.165) is 4.74 Å². The third-order valence-electron chi connectivity index (χ3n) is 4.04. The van der Waals surface area contributed by atoms with Crippen LogP contribution in [0, 0.1) is 0 Å². The fraction of sp³-hybridized carbons (Fsp3) is 0.857. The lowest BCUT2D eigenvalue weighted by Gasteiger charge is -2.38. The largest absolute Gasteiger partial charge is 0.483 e. The molecular formula is C14F26O6. The van der Waals surface area contributed by atoms with Gasteiger partial charge >= 0.3 is 84.6 Å². The number of hydrogen-bond donors (Lipinski definition) is 0. The van der Waals surface area contributed by atoms with Crippen LogP contribution in [0.4, 0.5) is 114 Å². The quantitative estimate of drug-likeness (QED) is 0.132. The standard InChI is InChI=1S/C14F26O6/c15-3(7(20,21)22,44-12(35,36)5(17,18)9(26,27)28)1(41)43-2(42)4(16,8(23,24)25)45-13(37,38)6(19,10(29,30)31)46-14(39,40)11(32,33)34. The Kier molecular flexibility index (Phi) is 10.7. The maximum absolute atomic E-state index is 14.2. The van der Waals surface area contributed by atoms with Crippen LogP contribution in [0.5, 0.6) is 0 Å². The Balaban J connectivity index is 7.07. The normalized spacial score (nSPS) is 19.2. The molecule has 32 heteroatoms. The average molecular weight is 758 g/mol. The van der Waals surface area contributed by atoms with Crippen molar-refractivity contribution >= 4 is 11.9 Å². The summed E-state index contributed by atoms with van der Waals surface area (Å²) in [6.45, 7) is 0. The Morgan fingerprint density at radius 1 is 0.326 bits per heavy atom. The van der Waals surface area contributed by atoms with Crippen molar-refractivity contribution in [2.45, 2.75) is 72.7 Å². The fourth-order valence-corrected chi connectivity index (χ4v) is 1.81. The number of ether oxygens (including phenoxy) is 4. The van der Waals surface area contributed by atoms with E-state index in [1.807, 2.05) is 0 Å². The molecule has 0 aromatic carbocycles. The molecule has 0 N–H and O–H groups in total. The van der Waals surface area contributed by atoms with Gasteiger partial charge in [-0.2, -0.15) is 114 Å². The Morgan fingerprint density at radius 3 is 0.870 bits per heavy atom. The van der Waals surface area contributed by atoms with Crippen LogP contribution in [-0.4, -0.2) is 84.6 Å². The second-order valence-corrected chi connectivity index (χ2v) is 7.38. The van der Waals surface area contributed by atoms with Crippen molar-refractivity contribution in [1.82, 2.24) is 0 Å². The first kappa shape index (κ1) is 43.2. The Labute approximate surface area is 229 Å². The van der Waals surface area contributed by atoms with Crippen LogP contribution in [0.1, 0.15) is 0 Å². The third-order valence-corrected chi connectivity index (χ3v) is 4.04. The summed E-state index contributed by atoms with van der Waals surface area (Å²) in [5, 5.41) is 0. The molecule has 0 bridgehead atoms. The number of carbonyl (C=O) groups excluding carboxylic acids is 2. The van der Waals surface area contributed by atoms with Crippen LogP contribution in [-0.2, 0) is 28.5 Å². The van der Waals surface area contributed by atoms with E-state index in [4.69, 9.17) is 0 Å². The highest BCUT2D eigenvalue weighted by atomic mass is 19.4. The van der Waals surface area contributed by atoms with Crippen molar-refractivity contribution in [2.24, 2.45) is 0 Å². The third kappa shape index (κ3) is 7.50. The van der Waals surface area contributed by atoms with Gasteiger partial charge in [0.2, 0.25) is 0 Å². The zero-order valence-electron chi connectivity index (χ0n) is 19.3. The van der Waals surface area contributed by atoms with Gasteiger partial charge in [0.25, 0.3) is 0 Å². The molecule has 0 aromatic rings. The molecule has 0 saturated heterocycles. The zero-order chi connectivity index (χ0) is 38.0. The van der Waals surface area contributed by atoms with Gasteiger partial charge in [0, 0.05) is 0 Å². The Morgan fingerprint density at radius 2 is 0.630 bits per heavy atom. The first-order chi connectivity index (χ1) is 19.4. The van der Waals surface area contributed by atoms with E-state index >= 15 is 0 Å². The number of halogens is 26. The Bertz CT molecular complexity index is 1130. The number of rotatable bonds is 10. The molecule has 46 heavy (non-hydrogen) atoms. The van der Waals surface area contributed by atoms with Crippen molar-refractivity contribution in [3.05, 3.63) is 0 Å². The molecule has 0 amide bonds. The second kappa shape index (κ2) is 11.4. The van der Waals surface area contributed by atoms with Gasteiger partial charge < -0.3 is 4.74 Å². The van der Waals surface area contributed by atoms with Gasteiger partial charge in [0.1, 0.15) is 0 Å². The van der Waals surface area contributed by atoms with Crippen molar-refractivity contribution in [1.29, 1.82) is 0 Å². The maximum Gasteiger partial charge on any atom is 0.483 e. The van der Waals surface area contributed by atoms with Crippen LogP contribution in [0.25, 0.3) is 0 Å². The lowest BCUT2D eigenvalue weighted by atomic mass is 10.2. The molecule has 3 unspecified atom stereocenters. The molecule has 0 rings (SSSR count). The minimum atomic E-state index is -8.54. The smallest absolute Gasteiger partial charge is 0.384 e. The van der Waals surface area contributed by atoms with E-state index < -0.39 is 84.6 Å². The van der Waals surface area contributed by atoms with Crippen LogP contribution in [0.2, 0.25) is 0 Å². The number of esters is 2. The van der Waals surface area contributed by atoms with Gasteiger partial charge in [-0.15, -0.1) is 0 Å². The summed E-state index contributed by atoms with van der Waals surface area (Å²) in [6, 6.07) is 0. The van der Waals surface area contributed by atoms with Crippen LogP contribution >= 0.6 is 0 Å². The molecule has 0 aliphatic carbocycles. The van der Waals surface area contributed by atoms with E-state index in [1.165, 1.54) is 9.47 Å². The van der Waals surface area contributed by atoms with Crippen LogP contribution < -0.4 is 0 Å². The van der Waals surface area contributed by atoms with Crippen LogP contribution in [0.15, 0.2) is 0 Å². The van der Waals surface area contributed by atoms with E-state index in [1.54, 1.807) is 4.74 Å². The van der Waals surface area contributed by atoms with Gasteiger partial charge in [0.15, 0.2) is 0 Å². The summed E-state index contributed by atoms with van der Waals surface area (Å²) in [7, 11) is 0. The molecule has 0 saturated carbocycles. The fourth-order valence-electron chi connectivity index (χ4n) is 1.81. The highest BCUT2D eigenvalue weighted by Crippen LogP contribution is 2.55. The highest BCUT2D eigenvalue weighted by molar-refractivity contribution is 5.93. The van der Waals surface area contributed by atoms with Gasteiger partial charge in [-0.1, -0.05) is 0 Å². The highest BCUT2D eigenvalue weighted by Gasteiger charge is 2.85. The summed E-state index contributed by atoms with van der Waals surface area (Å²) in [6.07, 6.45) is -64.5. The van der Waals surface area contributed by atoms with E-state index in [-0.39, 0.29) is 0 Å². The topological polar surface area (TPSA) is 71.1 Å². The lowest BCUT2D eigenvalue weighted by Crippen LogP contribution is -2.67. The molecule has 0 aliphatic heterocycles. The SMILES string of the molecule is O=C(OC(=O)C(F)(OC(F)(F)C(F)(OC(F)(F)C(F)(F)F)C(F)(F)F)C(F)(F)F)C(F)(OC(F)(F)C(F)(F)C(F)(F)F)C(F)(F)F. The van der Waals surface area contributed by atoms with Gasteiger partial charge in [-0.25, -0.2) is 9.59 Å². The number of alkyl halides is 26. The number of hydrogen-bond acceptors (Lipinski definition) is 6. The van der Waals surface area contributed by atoms with E-state index in [9.17, 15) is 124 Å². The summed E-state index contributed by atoms with van der Waals surface area (Å²) < 4.78 is 340. The van der Waals surface area contributed by atoms with Gasteiger partial charge in [-0.05, 0) is 0 Å². The summed E-state index contributed by atoms with van der Waals surface area (Å²) in [5.74, 6) is -43.1. The minimum Gasteiger partial charge on any atom is -0.384 e. The first-order valence-electron chi connectivity index (χ1n) is 9.20. The van der Waals surface area contributed by atoms with Crippen molar-refractivity contribution in [3.63, 3.8) is 0 Å². The lowest BCUT2D eigenvalue weighted by molar-refractivity contribution is -0.545. The molecule has 0 aromatic heterocycles. The van der Waals surface area contributed by atoms with Crippen LogP contribution in [0.3, 0.4) is 0 Å². The van der Waals surface area contributed by atoms with Gasteiger partial charge in [-0.3, -0.25) is 14.2 Å². The molecule has 3 atom stereocenters. The van der Waals surface area contributed by atoms with Crippen molar-refractivity contribution < 1.29 is 143 Å². The Hall–Kier alpha value is -2.80. The molecule has 0 aliphatic rings. The van der Waals surface area contributed by atoms with E-state index in [0.29, 0.717) is 0 Å². The molecule has 0 fully saturated rings. The second-order valence-electron chi connectivity index (χ2n) is 7.38. The molecular weight excluding hydrogens is 758 g/mol. The molecule has 274 valence electrons.